The van der Waals surface area contributed by atoms with Crippen molar-refractivity contribution < 1.29 is 22.5 Å². The molecule has 0 unspecified atom stereocenters. The first-order valence-corrected chi connectivity index (χ1v) is 7.39. The number of amides is 1. The highest BCUT2D eigenvalue weighted by molar-refractivity contribution is 5.78. The Labute approximate surface area is 141 Å². The molecule has 2 rings (SSSR count). The highest BCUT2D eigenvalue weighted by atomic mass is 19.4. The number of benzene rings is 1. The van der Waals surface area contributed by atoms with Crippen molar-refractivity contribution in [2.45, 2.75) is 39.0 Å². The van der Waals surface area contributed by atoms with Crippen LogP contribution in [0.5, 0.6) is 0 Å². The summed E-state index contributed by atoms with van der Waals surface area (Å²) in [7, 11) is 0. The van der Waals surface area contributed by atoms with Gasteiger partial charge in [-0.2, -0.15) is 23.4 Å². The van der Waals surface area contributed by atoms with E-state index in [1.165, 1.54) is 0 Å². The molecule has 1 amide bonds. The molecule has 6 nitrogen and oxygen atoms in total. The molecule has 0 aliphatic rings. The predicted octanol–water partition coefficient (Wildman–Crippen LogP) is 3.41. The molecule has 0 bridgehead atoms. The van der Waals surface area contributed by atoms with E-state index in [1.807, 2.05) is 19.9 Å². The van der Waals surface area contributed by atoms with Crippen LogP contribution in [0, 0.1) is 11.3 Å². The third-order valence-electron chi connectivity index (χ3n) is 3.41. The van der Waals surface area contributed by atoms with E-state index in [9.17, 15) is 18.0 Å². The largest absolute Gasteiger partial charge is 0.471 e. The van der Waals surface area contributed by atoms with Gasteiger partial charge in [-0.05, 0) is 19.4 Å². The van der Waals surface area contributed by atoms with Gasteiger partial charge in [0, 0.05) is 18.2 Å². The average Bonchev–Trinajstić information content (AvgIpc) is 3.03. The standard InChI is InChI=1S/C16H15F3N4O2/c1-10(2)23(13(24)7-8-20)9-11-3-5-12(6-4-11)14-21-15(25-22-14)16(17,18)19/h3-6,10H,7,9H2,1-2H3. The minimum absolute atomic E-state index is 0.0907. The fourth-order valence-corrected chi connectivity index (χ4v) is 2.14. The van der Waals surface area contributed by atoms with Crippen LogP contribution < -0.4 is 0 Å². The van der Waals surface area contributed by atoms with E-state index in [2.05, 4.69) is 14.7 Å². The zero-order chi connectivity index (χ0) is 18.6. The van der Waals surface area contributed by atoms with Gasteiger partial charge in [-0.15, -0.1) is 0 Å². The lowest BCUT2D eigenvalue weighted by molar-refractivity contribution is -0.159. The first kappa shape index (κ1) is 18.4. The molecule has 0 aliphatic heterocycles. The van der Waals surface area contributed by atoms with Crippen LogP contribution in [0.1, 0.15) is 31.7 Å². The number of hydrogen-bond acceptors (Lipinski definition) is 5. The lowest BCUT2D eigenvalue weighted by atomic mass is 10.1. The predicted molar refractivity (Wildman–Crippen MR) is 80.7 cm³/mol. The van der Waals surface area contributed by atoms with Crippen molar-refractivity contribution in [3.63, 3.8) is 0 Å². The number of alkyl halides is 3. The average molecular weight is 352 g/mol. The second-order valence-electron chi connectivity index (χ2n) is 5.57. The molecule has 1 aromatic carbocycles. The summed E-state index contributed by atoms with van der Waals surface area (Å²) < 4.78 is 41.6. The number of carbonyl (C=O) groups excluding carboxylic acids is 1. The number of nitrogens with zero attached hydrogens (tertiary/aromatic N) is 4. The van der Waals surface area contributed by atoms with E-state index in [0.717, 1.165) is 5.56 Å². The van der Waals surface area contributed by atoms with E-state index in [-0.39, 0.29) is 24.2 Å². The Hall–Kier alpha value is -2.89. The highest BCUT2D eigenvalue weighted by Crippen LogP contribution is 2.29. The molecule has 1 heterocycles. The SMILES string of the molecule is CC(C)N(Cc1ccc(-c2noc(C(F)(F)F)n2)cc1)C(=O)CC#N. The number of nitriles is 1. The van der Waals surface area contributed by atoms with Crippen molar-refractivity contribution in [1.29, 1.82) is 5.26 Å². The monoisotopic (exact) mass is 352 g/mol. The molecule has 1 aromatic heterocycles. The van der Waals surface area contributed by atoms with Gasteiger partial charge in [-0.3, -0.25) is 4.79 Å². The third kappa shape index (κ3) is 4.56. The summed E-state index contributed by atoms with van der Waals surface area (Å²) >= 11 is 0. The topological polar surface area (TPSA) is 83.0 Å². The molecule has 25 heavy (non-hydrogen) atoms. The fraction of sp³-hybridized carbons (Fsp3) is 0.375. The lowest BCUT2D eigenvalue weighted by Gasteiger charge is -2.26. The van der Waals surface area contributed by atoms with E-state index in [0.29, 0.717) is 12.1 Å². The maximum atomic E-state index is 12.5. The molecule has 0 N–H and O–H groups in total. The van der Waals surface area contributed by atoms with Gasteiger partial charge in [0.1, 0.15) is 6.42 Å². The van der Waals surface area contributed by atoms with Gasteiger partial charge in [-0.1, -0.05) is 29.4 Å². The van der Waals surface area contributed by atoms with Gasteiger partial charge in [0.15, 0.2) is 0 Å². The van der Waals surface area contributed by atoms with Gasteiger partial charge < -0.3 is 9.42 Å². The molecule has 0 aliphatic carbocycles. The van der Waals surface area contributed by atoms with Crippen LogP contribution >= 0.6 is 0 Å². The molecule has 9 heteroatoms. The maximum absolute atomic E-state index is 12.5. The highest BCUT2D eigenvalue weighted by Gasteiger charge is 2.38. The zero-order valence-corrected chi connectivity index (χ0v) is 13.5. The van der Waals surface area contributed by atoms with Crippen molar-refractivity contribution in [3.05, 3.63) is 35.7 Å². The Kier molecular flexibility index (Phi) is 5.41. The first-order chi connectivity index (χ1) is 11.7. The normalized spacial score (nSPS) is 11.4. The quantitative estimate of drug-likeness (QED) is 0.823. The number of hydrogen-bond donors (Lipinski definition) is 0. The summed E-state index contributed by atoms with van der Waals surface area (Å²) in [5.41, 5.74) is 1.13. The van der Waals surface area contributed by atoms with Gasteiger partial charge in [0.05, 0.1) is 6.07 Å². The number of aromatic nitrogens is 2. The van der Waals surface area contributed by atoms with Crippen molar-refractivity contribution >= 4 is 5.91 Å². The Morgan fingerprint density at radius 3 is 2.44 bits per heavy atom. The summed E-state index contributed by atoms with van der Waals surface area (Å²) in [4.78, 5) is 16.8. The molecule has 132 valence electrons. The van der Waals surface area contributed by atoms with E-state index in [1.54, 1.807) is 29.2 Å². The van der Waals surface area contributed by atoms with E-state index >= 15 is 0 Å². The van der Waals surface area contributed by atoms with Crippen LogP contribution in [0.15, 0.2) is 28.8 Å². The smallest absolute Gasteiger partial charge is 0.335 e. The molecule has 2 aromatic rings. The molecular weight excluding hydrogens is 337 g/mol. The van der Waals surface area contributed by atoms with E-state index < -0.39 is 12.1 Å². The van der Waals surface area contributed by atoms with Crippen LogP contribution in [-0.4, -0.2) is 27.0 Å². The lowest BCUT2D eigenvalue weighted by Crippen LogP contribution is -2.36. The van der Waals surface area contributed by atoms with Gasteiger partial charge in [0.25, 0.3) is 0 Å². The van der Waals surface area contributed by atoms with Gasteiger partial charge in [-0.25, -0.2) is 0 Å². The van der Waals surface area contributed by atoms with Crippen molar-refractivity contribution in [2.75, 3.05) is 0 Å². The summed E-state index contributed by atoms with van der Waals surface area (Å²) in [6.07, 6.45) is -4.90. The molecule has 0 spiro atoms. The second kappa shape index (κ2) is 7.34. The minimum atomic E-state index is -4.69. The maximum Gasteiger partial charge on any atom is 0.471 e. The molecular formula is C16H15F3N4O2. The summed E-state index contributed by atoms with van der Waals surface area (Å²) in [6.45, 7) is 3.96. The Bertz CT molecular complexity index is 776. The Morgan fingerprint density at radius 1 is 1.32 bits per heavy atom. The summed E-state index contributed by atoms with van der Waals surface area (Å²) in [5, 5.41) is 12.0. The minimum Gasteiger partial charge on any atom is -0.335 e. The second-order valence-corrected chi connectivity index (χ2v) is 5.57. The van der Waals surface area contributed by atoms with Gasteiger partial charge >= 0.3 is 12.1 Å². The Morgan fingerprint density at radius 2 is 1.96 bits per heavy atom. The number of carbonyl (C=O) groups is 1. The van der Waals surface area contributed by atoms with Crippen LogP contribution in [0.25, 0.3) is 11.4 Å². The van der Waals surface area contributed by atoms with Crippen molar-refractivity contribution in [3.8, 4) is 17.5 Å². The zero-order valence-electron chi connectivity index (χ0n) is 13.5. The molecule has 0 saturated carbocycles. The van der Waals surface area contributed by atoms with Crippen LogP contribution in [0.3, 0.4) is 0 Å². The molecule has 0 saturated heterocycles. The van der Waals surface area contributed by atoms with Gasteiger partial charge in [0.2, 0.25) is 11.7 Å². The number of rotatable bonds is 5. The third-order valence-corrected chi connectivity index (χ3v) is 3.41. The van der Waals surface area contributed by atoms with Crippen LogP contribution in [0.4, 0.5) is 13.2 Å². The van der Waals surface area contributed by atoms with Crippen LogP contribution in [0.2, 0.25) is 0 Å². The molecule has 0 fully saturated rings. The first-order valence-electron chi connectivity index (χ1n) is 7.39. The number of halogens is 3. The summed E-state index contributed by atoms with van der Waals surface area (Å²) in [5.74, 6) is -1.85. The van der Waals surface area contributed by atoms with Crippen molar-refractivity contribution in [2.24, 2.45) is 0 Å². The van der Waals surface area contributed by atoms with E-state index in [4.69, 9.17) is 5.26 Å². The molecule has 0 radical (unpaired) electrons. The fourth-order valence-electron chi connectivity index (χ4n) is 2.14. The summed E-state index contributed by atoms with van der Waals surface area (Å²) in [6, 6.07) is 8.15. The molecule has 0 atom stereocenters. The Balaban J connectivity index is 2.15. The van der Waals surface area contributed by atoms with Crippen molar-refractivity contribution in [1.82, 2.24) is 15.0 Å². The van der Waals surface area contributed by atoms with Crippen LogP contribution in [-0.2, 0) is 17.5 Å².